The van der Waals surface area contributed by atoms with Crippen molar-refractivity contribution in [2.45, 2.75) is 33.4 Å². The first kappa shape index (κ1) is 18.6. The van der Waals surface area contributed by atoms with Crippen molar-refractivity contribution in [3.8, 4) is 0 Å². The molecule has 2 heterocycles. The van der Waals surface area contributed by atoms with Gasteiger partial charge in [-0.15, -0.1) is 0 Å². The maximum atomic E-state index is 12.8. The number of carbonyl (C=O) groups is 1. The van der Waals surface area contributed by atoms with Crippen molar-refractivity contribution in [3.63, 3.8) is 0 Å². The molecular formula is C21H24N4O2. The van der Waals surface area contributed by atoms with E-state index in [-0.39, 0.29) is 23.1 Å². The summed E-state index contributed by atoms with van der Waals surface area (Å²) in [6.45, 7) is 6.21. The maximum absolute atomic E-state index is 12.8. The van der Waals surface area contributed by atoms with Crippen LogP contribution in [0, 0.1) is 13.8 Å². The molecule has 0 radical (unpaired) electrons. The number of pyridine rings is 1. The summed E-state index contributed by atoms with van der Waals surface area (Å²) in [5.41, 5.74) is 3.69. The second kappa shape index (κ2) is 7.61. The van der Waals surface area contributed by atoms with Crippen LogP contribution in [0.3, 0.4) is 0 Å². The molecule has 140 valence electrons. The molecule has 0 fully saturated rings. The Bertz CT molecular complexity index is 1020. The molecule has 1 unspecified atom stereocenters. The van der Waals surface area contributed by atoms with E-state index in [1.165, 1.54) is 0 Å². The minimum atomic E-state index is -0.377. The number of hydrogen-bond donors (Lipinski definition) is 1. The van der Waals surface area contributed by atoms with Crippen LogP contribution in [0.5, 0.6) is 0 Å². The van der Waals surface area contributed by atoms with Gasteiger partial charge in [-0.3, -0.25) is 14.3 Å². The number of carbonyl (C=O) groups excluding carboxylic acids is 1. The SMILES string of the molecule is Cc1nn(C)c(C)c1C(C)NC(=O)c1cccn(Cc2ccccc2)c1=O. The molecule has 0 saturated heterocycles. The van der Waals surface area contributed by atoms with E-state index in [0.29, 0.717) is 6.54 Å². The summed E-state index contributed by atoms with van der Waals surface area (Å²) in [4.78, 5) is 25.5. The number of rotatable bonds is 5. The summed E-state index contributed by atoms with van der Waals surface area (Å²) in [5, 5.41) is 7.32. The molecule has 27 heavy (non-hydrogen) atoms. The average molecular weight is 364 g/mol. The molecule has 3 rings (SSSR count). The van der Waals surface area contributed by atoms with Crippen molar-refractivity contribution < 1.29 is 4.79 Å². The summed E-state index contributed by atoms with van der Waals surface area (Å²) < 4.78 is 3.35. The zero-order chi connectivity index (χ0) is 19.6. The number of nitrogens with zero attached hydrogens (tertiary/aromatic N) is 3. The lowest BCUT2D eigenvalue weighted by molar-refractivity contribution is 0.0937. The first-order chi connectivity index (χ1) is 12.9. The third-order valence-corrected chi connectivity index (χ3v) is 4.81. The monoisotopic (exact) mass is 364 g/mol. The fourth-order valence-electron chi connectivity index (χ4n) is 3.38. The van der Waals surface area contributed by atoms with E-state index in [4.69, 9.17) is 0 Å². The molecule has 1 aromatic carbocycles. The smallest absolute Gasteiger partial charge is 0.263 e. The minimum absolute atomic E-state index is 0.138. The second-order valence-corrected chi connectivity index (χ2v) is 6.74. The van der Waals surface area contributed by atoms with Crippen molar-refractivity contribution in [1.29, 1.82) is 0 Å². The van der Waals surface area contributed by atoms with Crippen molar-refractivity contribution in [3.05, 3.63) is 87.1 Å². The highest BCUT2D eigenvalue weighted by Gasteiger charge is 2.20. The third-order valence-electron chi connectivity index (χ3n) is 4.81. The van der Waals surface area contributed by atoms with Crippen LogP contribution in [0.4, 0.5) is 0 Å². The van der Waals surface area contributed by atoms with E-state index in [9.17, 15) is 9.59 Å². The van der Waals surface area contributed by atoms with Crippen LogP contribution in [0.25, 0.3) is 0 Å². The number of aromatic nitrogens is 3. The quantitative estimate of drug-likeness (QED) is 0.757. The van der Waals surface area contributed by atoms with Gasteiger partial charge >= 0.3 is 0 Å². The topological polar surface area (TPSA) is 68.9 Å². The van der Waals surface area contributed by atoms with E-state index >= 15 is 0 Å². The van der Waals surface area contributed by atoms with Gasteiger partial charge in [0.05, 0.1) is 18.3 Å². The van der Waals surface area contributed by atoms with Gasteiger partial charge < -0.3 is 9.88 Å². The van der Waals surface area contributed by atoms with Gasteiger partial charge in [0.15, 0.2) is 0 Å². The van der Waals surface area contributed by atoms with E-state index < -0.39 is 0 Å². The molecular weight excluding hydrogens is 340 g/mol. The van der Waals surface area contributed by atoms with Crippen molar-refractivity contribution in [2.75, 3.05) is 0 Å². The fourth-order valence-corrected chi connectivity index (χ4v) is 3.38. The van der Waals surface area contributed by atoms with Gasteiger partial charge in [0.25, 0.3) is 11.5 Å². The van der Waals surface area contributed by atoms with Crippen LogP contribution in [0.15, 0.2) is 53.5 Å². The Kier molecular flexibility index (Phi) is 5.26. The normalized spacial score (nSPS) is 12.0. The lowest BCUT2D eigenvalue weighted by Crippen LogP contribution is -2.34. The van der Waals surface area contributed by atoms with Crippen molar-refractivity contribution in [2.24, 2.45) is 7.05 Å². The van der Waals surface area contributed by atoms with E-state index in [2.05, 4.69) is 10.4 Å². The Morgan fingerprint density at radius 3 is 2.48 bits per heavy atom. The minimum Gasteiger partial charge on any atom is -0.345 e. The summed E-state index contributed by atoms with van der Waals surface area (Å²) >= 11 is 0. The molecule has 0 bridgehead atoms. The standard InChI is InChI=1S/C21H24N4O2/c1-14(19-15(2)23-24(4)16(19)3)22-20(26)18-11-8-12-25(21(18)27)13-17-9-6-5-7-10-17/h5-12,14H,13H2,1-4H3,(H,22,26). The predicted molar refractivity (Wildman–Crippen MR) is 105 cm³/mol. The Hall–Kier alpha value is -3.15. The average Bonchev–Trinajstić information content (AvgIpc) is 2.89. The molecule has 1 N–H and O–H groups in total. The maximum Gasteiger partial charge on any atom is 0.263 e. The second-order valence-electron chi connectivity index (χ2n) is 6.74. The molecule has 1 amide bonds. The third kappa shape index (κ3) is 3.84. The zero-order valence-corrected chi connectivity index (χ0v) is 16.1. The van der Waals surface area contributed by atoms with Gasteiger partial charge in [0.2, 0.25) is 0 Å². The van der Waals surface area contributed by atoms with Crippen molar-refractivity contribution in [1.82, 2.24) is 19.7 Å². The molecule has 0 aliphatic heterocycles. The highest BCUT2D eigenvalue weighted by Crippen LogP contribution is 2.20. The van der Waals surface area contributed by atoms with Gasteiger partial charge in [0, 0.05) is 24.5 Å². The number of benzene rings is 1. The number of hydrogen-bond acceptors (Lipinski definition) is 3. The van der Waals surface area contributed by atoms with Crippen LogP contribution in [0.2, 0.25) is 0 Å². The number of amides is 1. The molecule has 6 nitrogen and oxygen atoms in total. The molecule has 2 aromatic heterocycles. The van der Waals surface area contributed by atoms with Crippen molar-refractivity contribution >= 4 is 5.91 Å². The molecule has 0 spiro atoms. The van der Waals surface area contributed by atoms with E-state index in [1.807, 2.05) is 58.2 Å². The Labute approximate surface area is 158 Å². The number of aryl methyl sites for hydroxylation is 2. The first-order valence-electron chi connectivity index (χ1n) is 8.92. The summed E-state index contributed by atoms with van der Waals surface area (Å²) in [5.74, 6) is -0.377. The molecule has 1 atom stereocenters. The lowest BCUT2D eigenvalue weighted by Gasteiger charge is -2.15. The van der Waals surface area contributed by atoms with Crippen LogP contribution < -0.4 is 10.9 Å². The largest absolute Gasteiger partial charge is 0.345 e. The highest BCUT2D eigenvalue weighted by molar-refractivity contribution is 5.94. The predicted octanol–water partition coefficient (Wildman–Crippen LogP) is 2.74. The Morgan fingerprint density at radius 2 is 1.85 bits per heavy atom. The summed E-state index contributed by atoms with van der Waals surface area (Å²) in [7, 11) is 1.87. The van der Waals surface area contributed by atoms with Gasteiger partial charge in [-0.1, -0.05) is 30.3 Å². The van der Waals surface area contributed by atoms with E-state index in [0.717, 1.165) is 22.5 Å². The first-order valence-corrected chi connectivity index (χ1v) is 8.92. The summed E-state index contributed by atoms with van der Waals surface area (Å²) in [6, 6.07) is 12.7. The van der Waals surface area contributed by atoms with Crippen LogP contribution in [-0.4, -0.2) is 20.3 Å². The fraction of sp³-hybridized carbons (Fsp3) is 0.286. The van der Waals surface area contributed by atoms with Gasteiger partial charge in [-0.2, -0.15) is 5.10 Å². The van der Waals surface area contributed by atoms with Gasteiger partial charge in [-0.25, -0.2) is 0 Å². The number of nitrogens with one attached hydrogen (secondary N) is 1. The van der Waals surface area contributed by atoms with Gasteiger partial charge in [-0.05, 0) is 38.5 Å². The van der Waals surface area contributed by atoms with Crippen LogP contribution in [-0.2, 0) is 13.6 Å². The van der Waals surface area contributed by atoms with Gasteiger partial charge in [0.1, 0.15) is 5.56 Å². The Balaban J connectivity index is 1.83. The molecule has 6 heteroatoms. The summed E-state index contributed by atoms with van der Waals surface area (Å²) in [6.07, 6.45) is 1.70. The molecule has 0 aliphatic carbocycles. The van der Waals surface area contributed by atoms with Crippen LogP contribution in [0.1, 0.15) is 45.8 Å². The highest BCUT2D eigenvalue weighted by atomic mass is 16.2. The van der Waals surface area contributed by atoms with Crippen LogP contribution >= 0.6 is 0 Å². The Morgan fingerprint density at radius 1 is 1.15 bits per heavy atom. The molecule has 3 aromatic rings. The molecule has 0 aliphatic rings. The lowest BCUT2D eigenvalue weighted by atomic mass is 10.1. The molecule has 0 saturated carbocycles. The zero-order valence-electron chi connectivity index (χ0n) is 16.1. The van der Waals surface area contributed by atoms with E-state index in [1.54, 1.807) is 27.6 Å².